The van der Waals surface area contributed by atoms with Crippen LogP contribution in [0.15, 0.2) is 36.7 Å². The van der Waals surface area contributed by atoms with Gasteiger partial charge < -0.3 is 5.32 Å². The number of hydrogen-bond acceptors (Lipinski definition) is 3. The van der Waals surface area contributed by atoms with Gasteiger partial charge in [0.1, 0.15) is 12.0 Å². The lowest BCUT2D eigenvalue weighted by Crippen LogP contribution is -2.02. The van der Waals surface area contributed by atoms with Crippen molar-refractivity contribution < 1.29 is 0 Å². The summed E-state index contributed by atoms with van der Waals surface area (Å²) in [6.07, 6.45) is 1.33. The summed E-state index contributed by atoms with van der Waals surface area (Å²) < 4.78 is 0. The van der Waals surface area contributed by atoms with E-state index < -0.39 is 0 Å². The maximum Gasteiger partial charge on any atom is 0.157 e. The van der Waals surface area contributed by atoms with Crippen molar-refractivity contribution in [1.29, 1.82) is 0 Å². The molecule has 0 atom stereocenters. The molecule has 2 aromatic rings. The Morgan fingerprint density at radius 3 is 2.25 bits per heavy atom. The highest BCUT2D eigenvalue weighted by Gasteiger charge is 2.06. The molecular weight excluding hydrogens is 245 g/mol. The van der Waals surface area contributed by atoms with Crippen molar-refractivity contribution in [3.05, 3.63) is 52.5 Å². The summed E-state index contributed by atoms with van der Waals surface area (Å²) in [7, 11) is 0. The Kier molecular flexibility index (Phi) is 3.59. The van der Waals surface area contributed by atoms with Crippen LogP contribution in [-0.2, 0) is 6.54 Å². The second-order valence-corrected chi connectivity index (χ2v) is 3.89. The number of benzene rings is 1. The minimum absolute atomic E-state index is 0.330. The van der Waals surface area contributed by atoms with Crippen LogP contribution in [-0.4, -0.2) is 9.97 Å². The van der Waals surface area contributed by atoms with E-state index in [-0.39, 0.29) is 0 Å². The average molecular weight is 254 g/mol. The molecule has 1 aromatic heterocycles. The van der Waals surface area contributed by atoms with Gasteiger partial charge in [-0.25, -0.2) is 9.97 Å². The van der Waals surface area contributed by atoms with Gasteiger partial charge in [-0.1, -0.05) is 53.5 Å². The second kappa shape index (κ2) is 5.14. The summed E-state index contributed by atoms with van der Waals surface area (Å²) in [6.45, 7) is 0.633. The number of hydrogen-bond donors (Lipinski definition) is 1. The molecule has 0 amide bonds. The zero-order valence-electron chi connectivity index (χ0n) is 8.32. The molecule has 0 unspecified atom stereocenters. The van der Waals surface area contributed by atoms with Crippen LogP contribution >= 0.6 is 23.2 Å². The number of halogens is 2. The van der Waals surface area contributed by atoms with Gasteiger partial charge in [-0.3, -0.25) is 0 Å². The number of nitrogens with one attached hydrogen (secondary N) is 1. The molecular formula is C11H9Cl2N3. The largest absolute Gasteiger partial charge is 0.376 e. The summed E-state index contributed by atoms with van der Waals surface area (Å²) in [4.78, 5) is 7.72. The Bertz CT molecular complexity index is 454. The van der Waals surface area contributed by atoms with Gasteiger partial charge in [-0.05, 0) is 5.56 Å². The Morgan fingerprint density at radius 2 is 1.62 bits per heavy atom. The zero-order valence-corrected chi connectivity index (χ0v) is 9.83. The van der Waals surface area contributed by atoms with Crippen molar-refractivity contribution in [2.45, 2.75) is 6.54 Å². The number of nitrogens with zero attached hydrogens (tertiary/aromatic N) is 2. The monoisotopic (exact) mass is 253 g/mol. The molecule has 1 heterocycles. The lowest BCUT2D eigenvalue weighted by atomic mass is 10.2. The van der Waals surface area contributed by atoms with Gasteiger partial charge in [0.2, 0.25) is 0 Å². The first kappa shape index (κ1) is 11.2. The molecule has 16 heavy (non-hydrogen) atoms. The predicted molar refractivity (Wildman–Crippen MR) is 65.8 cm³/mol. The Morgan fingerprint density at radius 1 is 1.00 bits per heavy atom. The lowest BCUT2D eigenvalue weighted by molar-refractivity contribution is 1.10. The molecule has 5 heteroatoms. The molecule has 0 spiro atoms. The molecule has 0 aliphatic heterocycles. The fraction of sp³-hybridized carbons (Fsp3) is 0.0909. The fourth-order valence-electron chi connectivity index (χ4n) is 1.28. The minimum Gasteiger partial charge on any atom is -0.376 e. The molecule has 0 saturated heterocycles. The summed E-state index contributed by atoms with van der Waals surface area (Å²) in [5, 5.41) is 3.77. The highest BCUT2D eigenvalue weighted by molar-refractivity contribution is 6.37. The van der Waals surface area contributed by atoms with Crippen molar-refractivity contribution in [2.75, 3.05) is 5.32 Å². The Labute approximate surface area is 103 Å². The molecule has 0 saturated carbocycles. The van der Waals surface area contributed by atoms with Gasteiger partial charge in [0.15, 0.2) is 10.3 Å². The Balaban J connectivity index is 2.11. The highest BCUT2D eigenvalue weighted by Crippen LogP contribution is 2.25. The second-order valence-electron chi connectivity index (χ2n) is 3.17. The summed E-state index contributed by atoms with van der Waals surface area (Å²) >= 11 is 11.8. The minimum atomic E-state index is 0.330. The van der Waals surface area contributed by atoms with E-state index in [1.165, 1.54) is 6.33 Å². The van der Waals surface area contributed by atoms with Crippen LogP contribution in [0.4, 0.5) is 5.69 Å². The third kappa shape index (κ3) is 2.62. The van der Waals surface area contributed by atoms with Crippen molar-refractivity contribution in [3.63, 3.8) is 0 Å². The fourth-order valence-corrected chi connectivity index (χ4v) is 1.72. The van der Waals surface area contributed by atoms with E-state index in [1.807, 2.05) is 30.3 Å². The van der Waals surface area contributed by atoms with E-state index in [9.17, 15) is 0 Å². The van der Waals surface area contributed by atoms with E-state index in [0.29, 0.717) is 22.5 Å². The van der Waals surface area contributed by atoms with Crippen molar-refractivity contribution >= 4 is 28.9 Å². The van der Waals surface area contributed by atoms with Gasteiger partial charge in [-0.15, -0.1) is 0 Å². The lowest BCUT2D eigenvalue weighted by Gasteiger charge is -2.08. The summed E-state index contributed by atoms with van der Waals surface area (Å²) in [6, 6.07) is 9.94. The molecule has 0 fully saturated rings. The molecule has 1 N–H and O–H groups in total. The topological polar surface area (TPSA) is 37.8 Å². The van der Waals surface area contributed by atoms with Crippen LogP contribution in [0.2, 0.25) is 10.3 Å². The SMILES string of the molecule is Clc1ncnc(Cl)c1NCc1ccccc1. The number of anilines is 1. The third-order valence-corrected chi connectivity index (χ3v) is 2.64. The quantitative estimate of drug-likeness (QED) is 0.853. The highest BCUT2D eigenvalue weighted by atomic mass is 35.5. The van der Waals surface area contributed by atoms with Crippen LogP contribution in [0.1, 0.15) is 5.56 Å². The normalized spacial score (nSPS) is 10.1. The number of aromatic nitrogens is 2. The summed E-state index contributed by atoms with van der Waals surface area (Å²) in [5.74, 6) is 0. The van der Waals surface area contributed by atoms with Crippen LogP contribution < -0.4 is 5.32 Å². The number of rotatable bonds is 3. The van der Waals surface area contributed by atoms with Gasteiger partial charge in [0.25, 0.3) is 0 Å². The molecule has 0 bridgehead atoms. The smallest absolute Gasteiger partial charge is 0.157 e. The van der Waals surface area contributed by atoms with Crippen LogP contribution in [0.3, 0.4) is 0 Å². The molecule has 3 nitrogen and oxygen atoms in total. The maximum atomic E-state index is 5.90. The molecule has 0 aliphatic carbocycles. The average Bonchev–Trinajstić information content (AvgIpc) is 2.30. The molecule has 0 aliphatic rings. The first-order valence-electron chi connectivity index (χ1n) is 4.71. The van der Waals surface area contributed by atoms with Gasteiger partial charge in [0.05, 0.1) is 0 Å². The van der Waals surface area contributed by atoms with Crippen molar-refractivity contribution in [3.8, 4) is 0 Å². The van der Waals surface area contributed by atoms with E-state index in [4.69, 9.17) is 23.2 Å². The zero-order chi connectivity index (χ0) is 11.4. The van der Waals surface area contributed by atoms with Crippen LogP contribution in [0.25, 0.3) is 0 Å². The van der Waals surface area contributed by atoms with Crippen LogP contribution in [0, 0.1) is 0 Å². The first-order chi connectivity index (χ1) is 7.77. The van der Waals surface area contributed by atoms with E-state index in [2.05, 4.69) is 15.3 Å². The van der Waals surface area contributed by atoms with Gasteiger partial charge in [0, 0.05) is 6.54 Å². The third-order valence-electron chi connectivity index (χ3n) is 2.07. The van der Waals surface area contributed by atoms with Gasteiger partial charge >= 0.3 is 0 Å². The van der Waals surface area contributed by atoms with Gasteiger partial charge in [-0.2, -0.15) is 0 Å². The van der Waals surface area contributed by atoms with E-state index in [1.54, 1.807) is 0 Å². The Hall–Kier alpha value is -1.32. The van der Waals surface area contributed by atoms with Crippen molar-refractivity contribution in [2.24, 2.45) is 0 Å². The molecule has 82 valence electrons. The molecule has 2 rings (SSSR count). The molecule has 1 aromatic carbocycles. The molecule has 0 radical (unpaired) electrons. The standard InChI is InChI=1S/C11H9Cl2N3/c12-10-9(11(13)16-7-15-10)14-6-8-4-2-1-3-5-8/h1-5,7,14H,6H2. The van der Waals surface area contributed by atoms with E-state index in [0.717, 1.165) is 5.56 Å². The van der Waals surface area contributed by atoms with Crippen LogP contribution in [0.5, 0.6) is 0 Å². The maximum absolute atomic E-state index is 5.90. The van der Waals surface area contributed by atoms with Crippen molar-refractivity contribution in [1.82, 2.24) is 9.97 Å². The van der Waals surface area contributed by atoms with E-state index >= 15 is 0 Å². The summed E-state index contributed by atoms with van der Waals surface area (Å²) in [5.41, 5.74) is 1.70. The first-order valence-corrected chi connectivity index (χ1v) is 5.47. The predicted octanol–water partition coefficient (Wildman–Crippen LogP) is 3.40.